The van der Waals surface area contributed by atoms with E-state index in [0.717, 1.165) is 57.7 Å². The van der Waals surface area contributed by atoms with Gasteiger partial charge in [-0.1, -0.05) is 43.9 Å². The van der Waals surface area contributed by atoms with Crippen molar-refractivity contribution in [2.45, 2.75) is 51.1 Å². The molecule has 2 heterocycles. The van der Waals surface area contributed by atoms with E-state index >= 15 is 0 Å². The Morgan fingerprint density at radius 2 is 1.57 bits per heavy atom. The summed E-state index contributed by atoms with van der Waals surface area (Å²) in [5, 5.41) is 7.59. The van der Waals surface area contributed by atoms with E-state index < -0.39 is 0 Å². The molecular formula is C23H31N5O2. The molecule has 1 aromatic carbocycles. The molecule has 0 radical (unpaired) electrons. The minimum atomic E-state index is -0.238. The van der Waals surface area contributed by atoms with Crippen LogP contribution in [0.3, 0.4) is 0 Å². The third-order valence-electron chi connectivity index (χ3n) is 6.09. The second-order valence-corrected chi connectivity index (χ2v) is 8.25. The van der Waals surface area contributed by atoms with E-state index in [-0.39, 0.29) is 24.1 Å². The maximum Gasteiger partial charge on any atom is 0.267 e. The van der Waals surface area contributed by atoms with Crippen LogP contribution in [0.4, 0.5) is 11.5 Å². The number of carbonyl (C=O) groups excluding carboxylic acids is 1. The van der Waals surface area contributed by atoms with Crippen LogP contribution in [0.5, 0.6) is 0 Å². The molecule has 1 saturated heterocycles. The number of benzene rings is 1. The van der Waals surface area contributed by atoms with Crippen molar-refractivity contribution in [2.75, 3.05) is 36.0 Å². The van der Waals surface area contributed by atoms with E-state index in [1.54, 1.807) is 6.07 Å². The Bertz CT molecular complexity index is 882. The molecule has 1 aliphatic heterocycles. The van der Waals surface area contributed by atoms with Crippen LogP contribution in [0.25, 0.3) is 0 Å². The van der Waals surface area contributed by atoms with Gasteiger partial charge in [0.05, 0.1) is 0 Å². The minimum Gasteiger partial charge on any atom is -0.368 e. The van der Waals surface area contributed by atoms with Gasteiger partial charge in [0, 0.05) is 44.0 Å². The molecule has 7 heteroatoms. The molecule has 1 amide bonds. The summed E-state index contributed by atoms with van der Waals surface area (Å²) in [6.45, 7) is 3.43. The lowest BCUT2D eigenvalue weighted by Gasteiger charge is -2.36. The van der Waals surface area contributed by atoms with Crippen LogP contribution in [0, 0.1) is 0 Å². The maximum absolute atomic E-state index is 12.5. The number of nitrogens with one attached hydrogen (secondary N) is 1. The summed E-state index contributed by atoms with van der Waals surface area (Å²) >= 11 is 0. The number of aromatic nitrogens is 2. The van der Waals surface area contributed by atoms with Crippen LogP contribution >= 0.6 is 0 Å². The predicted molar refractivity (Wildman–Crippen MR) is 119 cm³/mol. The summed E-state index contributed by atoms with van der Waals surface area (Å²) < 4.78 is 1.30. The second kappa shape index (κ2) is 9.78. The fourth-order valence-electron chi connectivity index (χ4n) is 4.39. The van der Waals surface area contributed by atoms with Crippen molar-refractivity contribution in [1.82, 2.24) is 15.1 Å². The summed E-state index contributed by atoms with van der Waals surface area (Å²) in [7, 11) is 0. The number of carbonyl (C=O) groups is 1. The smallest absolute Gasteiger partial charge is 0.267 e. The van der Waals surface area contributed by atoms with Gasteiger partial charge < -0.3 is 15.1 Å². The number of hydrogen-bond donors (Lipinski definition) is 1. The zero-order valence-corrected chi connectivity index (χ0v) is 17.5. The van der Waals surface area contributed by atoms with Gasteiger partial charge in [-0.05, 0) is 31.0 Å². The Morgan fingerprint density at radius 1 is 0.900 bits per heavy atom. The number of para-hydroxylation sites is 1. The Balaban J connectivity index is 1.36. The molecule has 0 unspecified atom stereocenters. The lowest BCUT2D eigenvalue weighted by Crippen LogP contribution is -2.47. The van der Waals surface area contributed by atoms with E-state index in [1.165, 1.54) is 29.3 Å². The highest BCUT2D eigenvalue weighted by Gasteiger charge is 2.20. The highest BCUT2D eigenvalue weighted by molar-refractivity contribution is 5.76. The van der Waals surface area contributed by atoms with E-state index in [1.807, 2.05) is 6.07 Å². The monoisotopic (exact) mass is 409 g/mol. The van der Waals surface area contributed by atoms with Crippen LogP contribution in [0.15, 0.2) is 47.3 Å². The molecule has 0 spiro atoms. The number of rotatable bonds is 5. The van der Waals surface area contributed by atoms with Crippen molar-refractivity contribution in [3.05, 3.63) is 52.8 Å². The van der Waals surface area contributed by atoms with Crippen LogP contribution < -0.4 is 20.7 Å². The Kier molecular flexibility index (Phi) is 6.67. The van der Waals surface area contributed by atoms with Crippen molar-refractivity contribution in [1.29, 1.82) is 0 Å². The number of amides is 1. The van der Waals surface area contributed by atoms with Gasteiger partial charge in [0.2, 0.25) is 5.91 Å². The second-order valence-electron chi connectivity index (χ2n) is 8.25. The fourth-order valence-corrected chi connectivity index (χ4v) is 4.39. The molecular weight excluding hydrogens is 378 g/mol. The SMILES string of the molecule is O=C(Cn1nc(N2CCN(c3ccccc3)CC2)ccc1=O)NC1CCCCCC1. The normalized spacial score (nSPS) is 18.1. The van der Waals surface area contributed by atoms with Crippen molar-refractivity contribution < 1.29 is 4.79 Å². The van der Waals surface area contributed by atoms with Gasteiger partial charge in [0.15, 0.2) is 0 Å². The largest absolute Gasteiger partial charge is 0.368 e. The van der Waals surface area contributed by atoms with Crippen molar-refractivity contribution >= 4 is 17.4 Å². The van der Waals surface area contributed by atoms with Gasteiger partial charge in [-0.25, -0.2) is 4.68 Å². The zero-order chi connectivity index (χ0) is 20.8. The molecule has 1 aromatic heterocycles. The van der Waals surface area contributed by atoms with Crippen molar-refractivity contribution in [3.63, 3.8) is 0 Å². The van der Waals surface area contributed by atoms with Gasteiger partial charge in [0.25, 0.3) is 5.56 Å². The average Bonchev–Trinajstić information content (AvgIpc) is 3.05. The molecule has 7 nitrogen and oxygen atoms in total. The molecule has 160 valence electrons. The Morgan fingerprint density at radius 3 is 2.27 bits per heavy atom. The first-order valence-electron chi connectivity index (χ1n) is 11.1. The highest BCUT2D eigenvalue weighted by atomic mass is 16.2. The summed E-state index contributed by atoms with van der Waals surface area (Å²) in [6.07, 6.45) is 6.86. The van der Waals surface area contributed by atoms with Crippen molar-refractivity contribution in [3.8, 4) is 0 Å². The average molecular weight is 410 g/mol. The third-order valence-corrected chi connectivity index (χ3v) is 6.09. The number of hydrogen-bond acceptors (Lipinski definition) is 5. The summed E-state index contributed by atoms with van der Waals surface area (Å²) in [4.78, 5) is 29.3. The van der Waals surface area contributed by atoms with E-state index in [9.17, 15) is 9.59 Å². The Hall–Kier alpha value is -2.83. The van der Waals surface area contributed by atoms with E-state index in [0.29, 0.717) is 0 Å². The summed E-state index contributed by atoms with van der Waals surface area (Å²) in [5.41, 5.74) is 0.989. The third kappa shape index (κ3) is 5.20. The predicted octanol–water partition coefficient (Wildman–Crippen LogP) is 2.41. The molecule has 0 bridgehead atoms. The minimum absolute atomic E-state index is 0.0207. The Labute approximate surface area is 177 Å². The van der Waals surface area contributed by atoms with Crippen LogP contribution in [0.1, 0.15) is 38.5 Å². The summed E-state index contributed by atoms with van der Waals surface area (Å²) in [5.74, 6) is 0.632. The molecule has 30 heavy (non-hydrogen) atoms. The van der Waals surface area contributed by atoms with E-state index in [4.69, 9.17) is 0 Å². The summed E-state index contributed by atoms with van der Waals surface area (Å²) in [6, 6.07) is 13.9. The quantitative estimate of drug-likeness (QED) is 0.768. The van der Waals surface area contributed by atoms with Gasteiger partial charge in [-0.3, -0.25) is 9.59 Å². The van der Waals surface area contributed by atoms with Crippen LogP contribution in [0.2, 0.25) is 0 Å². The lowest BCUT2D eigenvalue weighted by molar-refractivity contribution is -0.122. The standard InChI is InChI=1S/C23H31N5O2/c29-22(24-19-8-4-1-2-5-9-19)18-28-23(30)13-12-21(25-28)27-16-14-26(15-17-27)20-10-6-3-7-11-20/h3,6-7,10-13,19H,1-2,4-5,8-9,14-18H2,(H,24,29). The molecule has 2 aromatic rings. The van der Waals surface area contributed by atoms with Gasteiger partial charge in [-0.15, -0.1) is 0 Å². The maximum atomic E-state index is 12.5. The molecule has 2 fully saturated rings. The first-order valence-corrected chi connectivity index (χ1v) is 11.1. The van der Waals surface area contributed by atoms with E-state index in [2.05, 4.69) is 44.5 Å². The van der Waals surface area contributed by atoms with Crippen LogP contribution in [-0.4, -0.2) is 47.9 Å². The highest BCUT2D eigenvalue weighted by Crippen LogP contribution is 2.19. The molecule has 1 N–H and O–H groups in total. The zero-order valence-electron chi connectivity index (χ0n) is 17.5. The lowest BCUT2D eigenvalue weighted by atomic mass is 10.1. The van der Waals surface area contributed by atoms with Gasteiger partial charge >= 0.3 is 0 Å². The topological polar surface area (TPSA) is 70.5 Å². The van der Waals surface area contributed by atoms with Crippen molar-refractivity contribution in [2.24, 2.45) is 0 Å². The number of nitrogens with zero attached hydrogens (tertiary/aromatic N) is 4. The number of piperazine rings is 1. The number of anilines is 2. The first kappa shape index (κ1) is 20.4. The molecule has 1 aliphatic carbocycles. The molecule has 1 saturated carbocycles. The van der Waals surface area contributed by atoms with Gasteiger partial charge in [-0.2, -0.15) is 5.10 Å². The molecule has 2 aliphatic rings. The van der Waals surface area contributed by atoms with Crippen LogP contribution in [-0.2, 0) is 11.3 Å². The van der Waals surface area contributed by atoms with Gasteiger partial charge in [0.1, 0.15) is 12.4 Å². The first-order chi connectivity index (χ1) is 14.7. The fraction of sp³-hybridized carbons (Fsp3) is 0.522. The molecule has 0 atom stereocenters. The molecule has 4 rings (SSSR count).